The molecule has 0 radical (unpaired) electrons. The molecule has 0 saturated carbocycles. The van der Waals surface area contributed by atoms with Gasteiger partial charge in [-0.05, 0) is 24.6 Å². The largest absolute Gasteiger partial charge is 0.306 e. The first-order chi connectivity index (χ1) is 11.0. The molecule has 6 heteroatoms. The van der Waals surface area contributed by atoms with Gasteiger partial charge in [0.15, 0.2) is 0 Å². The van der Waals surface area contributed by atoms with E-state index >= 15 is 0 Å². The van der Waals surface area contributed by atoms with Crippen molar-refractivity contribution in [3.05, 3.63) is 76.2 Å². The van der Waals surface area contributed by atoms with Gasteiger partial charge in [0.2, 0.25) is 0 Å². The van der Waals surface area contributed by atoms with E-state index in [2.05, 4.69) is 10.9 Å². The molecule has 1 aromatic carbocycles. The van der Waals surface area contributed by atoms with Crippen LogP contribution in [-0.4, -0.2) is 16.4 Å². The average molecular weight is 311 g/mol. The molecule has 1 heterocycles. The Bertz CT molecular complexity index is 793. The molecule has 2 amide bonds. The number of pyridine rings is 1. The van der Waals surface area contributed by atoms with E-state index < -0.39 is 11.8 Å². The van der Waals surface area contributed by atoms with Crippen molar-refractivity contribution in [1.82, 2.24) is 15.4 Å². The van der Waals surface area contributed by atoms with Gasteiger partial charge < -0.3 is 4.57 Å². The fourth-order valence-electron chi connectivity index (χ4n) is 1.90. The zero-order valence-corrected chi connectivity index (χ0v) is 12.7. The van der Waals surface area contributed by atoms with Gasteiger partial charge in [0, 0.05) is 18.3 Å². The van der Waals surface area contributed by atoms with Crippen molar-refractivity contribution in [3.8, 4) is 0 Å². The normalized spacial score (nSPS) is 10.5. The van der Waals surface area contributed by atoms with E-state index in [-0.39, 0.29) is 12.1 Å². The van der Waals surface area contributed by atoms with Crippen LogP contribution >= 0.6 is 0 Å². The lowest BCUT2D eigenvalue weighted by atomic mass is 10.1. The van der Waals surface area contributed by atoms with Crippen LogP contribution in [0.5, 0.6) is 0 Å². The second-order valence-corrected chi connectivity index (χ2v) is 4.95. The standard InChI is InChI=1S/C17H17N3O3/c1-13-5-4-6-14(11-13)8-9-15(21)18-19-16(22)12-20-10-3-2-7-17(20)23/h2-11H,12H2,1H3,(H,18,21)(H,19,22)/b9-8+. The Balaban J connectivity index is 1.83. The second-order valence-electron chi connectivity index (χ2n) is 4.95. The van der Waals surface area contributed by atoms with Crippen LogP contribution in [0.2, 0.25) is 0 Å². The first kappa shape index (κ1) is 16.2. The van der Waals surface area contributed by atoms with Crippen molar-refractivity contribution in [3.63, 3.8) is 0 Å². The minimum Gasteiger partial charge on any atom is -0.306 e. The number of carbonyl (C=O) groups excluding carboxylic acids is 2. The molecule has 118 valence electrons. The molecule has 0 aliphatic rings. The number of hydrazine groups is 1. The molecule has 2 N–H and O–H groups in total. The summed E-state index contributed by atoms with van der Waals surface area (Å²) >= 11 is 0. The Morgan fingerprint density at radius 2 is 1.96 bits per heavy atom. The number of carbonyl (C=O) groups is 2. The summed E-state index contributed by atoms with van der Waals surface area (Å²) in [5.41, 5.74) is 6.22. The molecule has 0 atom stereocenters. The lowest BCUT2D eigenvalue weighted by Crippen LogP contribution is -2.43. The van der Waals surface area contributed by atoms with Crippen LogP contribution in [-0.2, 0) is 16.1 Å². The minimum atomic E-state index is -0.490. The Hall–Kier alpha value is -3.15. The third kappa shape index (κ3) is 5.28. The Labute approximate surface area is 133 Å². The quantitative estimate of drug-likeness (QED) is 0.653. The summed E-state index contributed by atoms with van der Waals surface area (Å²) in [4.78, 5) is 34.8. The molecule has 0 spiro atoms. The Kier molecular flexibility index (Phi) is 5.46. The molecule has 23 heavy (non-hydrogen) atoms. The van der Waals surface area contributed by atoms with Crippen LogP contribution < -0.4 is 16.4 Å². The summed E-state index contributed by atoms with van der Waals surface area (Å²) in [5, 5.41) is 0. The van der Waals surface area contributed by atoms with Crippen LogP contribution in [0, 0.1) is 6.92 Å². The summed E-state index contributed by atoms with van der Waals surface area (Å²) in [5.74, 6) is -0.948. The van der Waals surface area contributed by atoms with E-state index in [1.54, 1.807) is 18.2 Å². The van der Waals surface area contributed by atoms with E-state index in [0.717, 1.165) is 11.1 Å². The van der Waals surface area contributed by atoms with Gasteiger partial charge in [-0.25, -0.2) is 0 Å². The summed E-state index contributed by atoms with van der Waals surface area (Å²) < 4.78 is 1.24. The van der Waals surface area contributed by atoms with Gasteiger partial charge in [-0.1, -0.05) is 35.9 Å². The van der Waals surface area contributed by atoms with Crippen LogP contribution in [0.15, 0.2) is 59.5 Å². The molecule has 1 aromatic heterocycles. The second kappa shape index (κ2) is 7.74. The van der Waals surface area contributed by atoms with Crippen LogP contribution in [0.25, 0.3) is 6.08 Å². The van der Waals surface area contributed by atoms with Crippen LogP contribution in [0.1, 0.15) is 11.1 Å². The molecule has 6 nitrogen and oxygen atoms in total. The molecule has 0 aliphatic carbocycles. The zero-order chi connectivity index (χ0) is 16.7. The fourth-order valence-corrected chi connectivity index (χ4v) is 1.90. The summed E-state index contributed by atoms with van der Waals surface area (Å²) in [6.07, 6.45) is 4.47. The van der Waals surface area contributed by atoms with Crippen molar-refractivity contribution in [1.29, 1.82) is 0 Å². The van der Waals surface area contributed by atoms with Gasteiger partial charge in [-0.2, -0.15) is 0 Å². The van der Waals surface area contributed by atoms with Crippen molar-refractivity contribution < 1.29 is 9.59 Å². The van der Waals surface area contributed by atoms with Gasteiger partial charge >= 0.3 is 0 Å². The number of nitrogens with zero attached hydrogens (tertiary/aromatic N) is 1. The number of rotatable bonds is 4. The summed E-state index contributed by atoms with van der Waals surface area (Å²) in [7, 11) is 0. The molecule has 2 aromatic rings. The van der Waals surface area contributed by atoms with E-state index in [1.165, 1.54) is 22.9 Å². The maximum atomic E-state index is 11.7. The monoisotopic (exact) mass is 311 g/mol. The fraction of sp³-hybridized carbons (Fsp3) is 0.118. The Morgan fingerprint density at radius 1 is 1.13 bits per heavy atom. The van der Waals surface area contributed by atoms with E-state index in [4.69, 9.17) is 0 Å². The number of aryl methyl sites for hydroxylation is 1. The van der Waals surface area contributed by atoms with Gasteiger partial charge in [-0.3, -0.25) is 25.2 Å². The van der Waals surface area contributed by atoms with E-state index in [0.29, 0.717) is 0 Å². The predicted octanol–water partition coefficient (Wildman–Crippen LogP) is 1.02. The molecule has 2 rings (SSSR count). The molecule has 0 aliphatic heterocycles. The number of hydrogen-bond acceptors (Lipinski definition) is 3. The van der Waals surface area contributed by atoms with Gasteiger partial charge in [0.1, 0.15) is 6.54 Å². The molecule has 0 saturated heterocycles. The molecule has 0 unspecified atom stereocenters. The number of aromatic nitrogens is 1. The van der Waals surface area contributed by atoms with Crippen LogP contribution in [0.3, 0.4) is 0 Å². The van der Waals surface area contributed by atoms with Crippen molar-refractivity contribution in [2.75, 3.05) is 0 Å². The van der Waals surface area contributed by atoms with Gasteiger partial charge in [-0.15, -0.1) is 0 Å². The number of nitrogens with one attached hydrogen (secondary N) is 2. The lowest BCUT2D eigenvalue weighted by Gasteiger charge is -2.07. The number of hydrogen-bond donors (Lipinski definition) is 2. The highest BCUT2D eigenvalue weighted by molar-refractivity contribution is 5.93. The van der Waals surface area contributed by atoms with Crippen LogP contribution in [0.4, 0.5) is 0 Å². The van der Waals surface area contributed by atoms with Gasteiger partial charge in [0.25, 0.3) is 17.4 Å². The smallest absolute Gasteiger partial charge is 0.262 e. The molecular formula is C17H17N3O3. The topological polar surface area (TPSA) is 80.2 Å². The SMILES string of the molecule is Cc1cccc(/C=C/C(=O)NNC(=O)Cn2ccccc2=O)c1. The third-order valence-electron chi connectivity index (χ3n) is 3.01. The van der Waals surface area contributed by atoms with Crippen molar-refractivity contribution in [2.45, 2.75) is 13.5 Å². The van der Waals surface area contributed by atoms with Crippen molar-refractivity contribution in [2.24, 2.45) is 0 Å². The predicted molar refractivity (Wildman–Crippen MR) is 87.2 cm³/mol. The summed E-state index contributed by atoms with van der Waals surface area (Å²) in [6.45, 7) is 1.80. The highest BCUT2D eigenvalue weighted by Crippen LogP contribution is 2.05. The molecule has 0 bridgehead atoms. The first-order valence-electron chi connectivity index (χ1n) is 7.03. The Morgan fingerprint density at radius 3 is 2.70 bits per heavy atom. The maximum Gasteiger partial charge on any atom is 0.262 e. The van der Waals surface area contributed by atoms with E-state index in [1.807, 2.05) is 31.2 Å². The zero-order valence-electron chi connectivity index (χ0n) is 12.7. The molecular weight excluding hydrogens is 294 g/mol. The summed E-state index contributed by atoms with van der Waals surface area (Å²) in [6, 6.07) is 12.3. The molecule has 0 fully saturated rings. The average Bonchev–Trinajstić information content (AvgIpc) is 2.53. The minimum absolute atomic E-state index is 0.165. The maximum absolute atomic E-state index is 11.7. The van der Waals surface area contributed by atoms with Gasteiger partial charge in [0.05, 0.1) is 0 Å². The van der Waals surface area contributed by atoms with E-state index in [9.17, 15) is 14.4 Å². The third-order valence-corrected chi connectivity index (χ3v) is 3.01. The lowest BCUT2D eigenvalue weighted by molar-refractivity contribution is -0.127. The van der Waals surface area contributed by atoms with Crippen molar-refractivity contribution >= 4 is 17.9 Å². The highest BCUT2D eigenvalue weighted by atomic mass is 16.2. The highest BCUT2D eigenvalue weighted by Gasteiger charge is 2.04. The first-order valence-corrected chi connectivity index (χ1v) is 7.03. The number of benzene rings is 1. The number of amides is 2.